The first-order valence-electron chi connectivity index (χ1n) is 2.73. The van der Waals surface area contributed by atoms with Gasteiger partial charge in [-0.15, -0.1) is 0 Å². The third-order valence-electron chi connectivity index (χ3n) is 1.10. The summed E-state index contributed by atoms with van der Waals surface area (Å²) in [5.74, 6) is 0. The second kappa shape index (κ2) is 5.78. The Labute approximate surface area is 97.2 Å². The van der Waals surface area contributed by atoms with Gasteiger partial charge in [0, 0.05) is 14.7 Å². The molecule has 1 aromatic rings. The summed E-state index contributed by atoms with van der Waals surface area (Å²) in [5, 5.41) is 0. The second-order valence-electron chi connectivity index (χ2n) is 1.76. The van der Waals surface area contributed by atoms with Crippen molar-refractivity contribution in [2.75, 3.05) is 0 Å². The Bertz CT molecular complexity index is 266. The van der Waals surface area contributed by atoms with Gasteiger partial charge < -0.3 is 0 Å². The van der Waals surface area contributed by atoms with E-state index >= 15 is 0 Å². The molecule has 0 unspecified atom stereocenters. The average Bonchev–Trinajstić information content (AvgIpc) is 2.16. The van der Waals surface area contributed by atoms with Crippen molar-refractivity contribution >= 4 is 65.0 Å². The summed E-state index contributed by atoms with van der Waals surface area (Å²) in [6, 6.07) is 6.58. The zero-order valence-electron chi connectivity index (χ0n) is 5.51. The highest BCUT2D eigenvalue weighted by molar-refractivity contribution is 8.23. The highest BCUT2D eigenvalue weighted by atomic mass is 35.7. The first-order valence-corrected chi connectivity index (χ1v) is 7.66. The van der Waals surface area contributed by atoms with E-state index in [4.69, 9.17) is 32.0 Å². The van der Waals surface area contributed by atoms with Gasteiger partial charge in [-0.2, -0.15) is 0 Å². The van der Waals surface area contributed by atoms with Crippen LogP contribution >= 0.6 is 65.0 Å². The normalized spacial score (nSPS) is 10.2. The van der Waals surface area contributed by atoms with E-state index in [-0.39, 0.29) is 0 Å². The fourth-order valence-corrected chi connectivity index (χ4v) is 3.04. The summed E-state index contributed by atoms with van der Waals surface area (Å²) in [6.45, 7) is 0. The summed E-state index contributed by atoms with van der Waals surface area (Å²) < 4.78 is 0. The maximum absolute atomic E-state index is 5.62. The molecule has 0 aliphatic rings. The quantitative estimate of drug-likeness (QED) is 0.742. The largest absolute Gasteiger partial charge is 0.0393 e. The van der Waals surface area contributed by atoms with Gasteiger partial charge in [0.25, 0.3) is 0 Å². The van der Waals surface area contributed by atoms with Crippen LogP contribution in [0.2, 0.25) is 0 Å². The average molecular weight is 277 g/mol. The summed E-state index contributed by atoms with van der Waals surface area (Å²) in [5.41, 5.74) is 0. The van der Waals surface area contributed by atoms with Crippen LogP contribution in [0.15, 0.2) is 26.8 Å². The second-order valence-corrected chi connectivity index (χ2v) is 4.93. The predicted octanol–water partition coefficient (Wildman–Crippen LogP) is 5.22. The minimum absolute atomic E-state index is 0.842. The molecule has 0 heterocycles. The number of hydrogen-bond donors (Lipinski definition) is 0. The molecule has 1 radical (unpaired) electrons. The van der Waals surface area contributed by atoms with Crippen molar-refractivity contribution in [2.24, 2.45) is 0 Å². The van der Waals surface area contributed by atoms with E-state index in [1.165, 1.54) is 0 Å². The lowest BCUT2D eigenvalue weighted by atomic mass is 10.4. The Morgan fingerprint density at radius 3 is 2.17 bits per heavy atom. The summed E-state index contributed by atoms with van der Waals surface area (Å²) in [7, 11) is 20.1. The summed E-state index contributed by atoms with van der Waals surface area (Å²) in [4.78, 5) is 2.64. The van der Waals surface area contributed by atoms with Gasteiger partial charge in [0.2, 0.25) is 0 Å². The molecule has 65 valence electrons. The van der Waals surface area contributed by atoms with Crippen LogP contribution in [0, 0.1) is 6.07 Å². The van der Waals surface area contributed by atoms with Crippen LogP contribution in [0.4, 0.5) is 0 Å². The minimum Gasteiger partial charge on any atom is -0.0387 e. The highest BCUT2D eigenvalue weighted by Gasteiger charge is 2.04. The Morgan fingerprint density at radius 2 is 1.67 bits per heavy atom. The van der Waals surface area contributed by atoms with Crippen molar-refractivity contribution in [1.29, 1.82) is 0 Å². The van der Waals surface area contributed by atoms with Gasteiger partial charge in [-0.1, -0.05) is 0 Å². The Hall–Kier alpha value is 1.14. The molecule has 1 rings (SSSR count). The van der Waals surface area contributed by atoms with E-state index in [9.17, 15) is 0 Å². The molecule has 0 nitrogen and oxygen atoms in total. The van der Waals surface area contributed by atoms with Gasteiger partial charge in [-0.05, 0) is 83.2 Å². The van der Waals surface area contributed by atoms with Crippen LogP contribution in [0.1, 0.15) is 0 Å². The topological polar surface area (TPSA) is 0 Å². The first kappa shape index (κ1) is 11.2. The zero-order valence-corrected chi connectivity index (χ0v) is 10.2. The lowest BCUT2D eigenvalue weighted by Gasteiger charge is -2.01. The predicted molar refractivity (Wildman–Crippen MR) is 60.4 cm³/mol. The molecule has 0 aromatic heterocycles. The maximum Gasteiger partial charge on any atom is 0.0393 e. The van der Waals surface area contributed by atoms with Gasteiger partial charge in [0.1, 0.15) is 0 Å². The molecule has 0 saturated heterocycles. The number of rotatable bonds is 3. The van der Waals surface area contributed by atoms with Crippen LogP contribution in [-0.2, 0) is 0 Å². The van der Waals surface area contributed by atoms with Crippen molar-refractivity contribution in [1.82, 2.24) is 0 Å². The fourth-order valence-electron chi connectivity index (χ4n) is 0.605. The van der Waals surface area contributed by atoms with Crippen LogP contribution in [-0.4, -0.2) is 0 Å². The van der Waals surface area contributed by atoms with E-state index in [1.807, 2.05) is 6.07 Å². The van der Waals surface area contributed by atoms with Crippen LogP contribution in [0.5, 0.6) is 0 Å². The van der Waals surface area contributed by atoms with Crippen molar-refractivity contribution in [3.8, 4) is 0 Å². The zero-order chi connectivity index (χ0) is 8.97. The number of halogens is 3. The molecule has 0 amide bonds. The van der Waals surface area contributed by atoms with E-state index in [1.54, 1.807) is 6.07 Å². The molecule has 0 fully saturated rings. The third-order valence-corrected chi connectivity index (χ3v) is 4.14. The van der Waals surface area contributed by atoms with Crippen molar-refractivity contribution in [3.63, 3.8) is 0 Å². The standard InChI is InChI=1S/C6H2Cl3S3/c7-10-4-1-2-5(11-8)6(3-4)12-9/h2-3H. The molecular weight excluding hydrogens is 275 g/mol. The van der Waals surface area contributed by atoms with Crippen LogP contribution in [0.25, 0.3) is 0 Å². The van der Waals surface area contributed by atoms with Crippen LogP contribution < -0.4 is 0 Å². The molecule has 0 atom stereocenters. The highest BCUT2D eigenvalue weighted by Crippen LogP contribution is 2.37. The van der Waals surface area contributed by atoms with Gasteiger partial charge in [0.05, 0.1) is 0 Å². The Kier molecular flexibility index (Phi) is 5.41. The van der Waals surface area contributed by atoms with E-state index in [0.717, 1.165) is 47.6 Å². The lowest BCUT2D eigenvalue weighted by molar-refractivity contribution is 1.19. The third kappa shape index (κ3) is 2.82. The van der Waals surface area contributed by atoms with Crippen LogP contribution in [0.3, 0.4) is 0 Å². The van der Waals surface area contributed by atoms with E-state index in [0.29, 0.717) is 0 Å². The fraction of sp³-hybridized carbons (Fsp3) is 0. The molecule has 0 N–H and O–H groups in total. The van der Waals surface area contributed by atoms with Gasteiger partial charge in [-0.3, -0.25) is 0 Å². The van der Waals surface area contributed by atoms with Gasteiger partial charge in [0.15, 0.2) is 0 Å². The van der Waals surface area contributed by atoms with Crippen molar-refractivity contribution < 1.29 is 0 Å². The molecule has 0 bridgehead atoms. The molecule has 0 spiro atoms. The minimum atomic E-state index is 0.842. The van der Waals surface area contributed by atoms with E-state index in [2.05, 4.69) is 6.07 Å². The molecule has 6 heteroatoms. The van der Waals surface area contributed by atoms with Crippen molar-refractivity contribution in [2.45, 2.75) is 14.7 Å². The number of benzene rings is 1. The maximum atomic E-state index is 5.62. The molecule has 12 heavy (non-hydrogen) atoms. The SMILES string of the molecule is ClSc1[c]cc(SCl)c(SCl)c1. The Morgan fingerprint density at radius 1 is 1.00 bits per heavy atom. The number of hydrogen-bond acceptors (Lipinski definition) is 3. The molecule has 0 aliphatic heterocycles. The molecule has 1 aromatic carbocycles. The lowest BCUT2D eigenvalue weighted by Crippen LogP contribution is -1.75. The van der Waals surface area contributed by atoms with E-state index < -0.39 is 0 Å². The molecular formula is C6H2Cl3S3. The molecule has 0 saturated carbocycles. The monoisotopic (exact) mass is 275 g/mol. The Balaban J connectivity index is 3.02. The first-order chi connectivity index (χ1) is 5.81. The van der Waals surface area contributed by atoms with Gasteiger partial charge in [-0.25, -0.2) is 0 Å². The molecule has 0 aliphatic carbocycles. The van der Waals surface area contributed by atoms with Gasteiger partial charge >= 0.3 is 0 Å². The smallest absolute Gasteiger partial charge is 0.0387 e. The van der Waals surface area contributed by atoms with Crippen molar-refractivity contribution in [3.05, 3.63) is 18.2 Å². The summed E-state index contributed by atoms with van der Waals surface area (Å²) >= 11 is 0. The summed E-state index contributed by atoms with van der Waals surface area (Å²) in [6.07, 6.45) is 0.